The standard InChI is InChI=1S/C65H127NO5/c1-3-5-7-9-11-13-37-41-45-49-53-57-63(68)62(61-67)66-64(69)58-54-50-46-42-39-35-33-31-29-27-25-23-21-19-17-15-16-18-20-22-24-26-28-30-32-34-36-40-44-48-52-56-60-71-65(70)59-55-51-47-43-38-14-12-10-8-6-4-2/h53,57,62-63,67-68H,3-52,54-56,58-61H2,1-2H3,(H,66,69)/b57-53+. The minimum absolute atomic E-state index is 0.0211. The molecule has 0 aromatic heterocycles. The fraction of sp³-hybridized carbons (Fsp3) is 0.938. The van der Waals surface area contributed by atoms with Gasteiger partial charge in [0.1, 0.15) is 0 Å². The molecule has 0 bridgehead atoms. The highest BCUT2D eigenvalue weighted by atomic mass is 16.5. The summed E-state index contributed by atoms with van der Waals surface area (Å²) in [7, 11) is 0. The topological polar surface area (TPSA) is 95.9 Å². The van der Waals surface area contributed by atoms with Crippen LogP contribution < -0.4 is 5.32 Å². The van der Waals surface area contributed by atoms with Crippen molar-refractivity contribution in [2.24, 2.45) is 0 Å². The van der Waals surface area contributed by atoms with Crippen molar-refractivity contribution >= 4 is 11.9 Å². The Morgan fingerprint density at radius 2 is 0.648 bits per heavy atom. The minimum atomic E-state index is -0.838. The van der Waals surface area contributed by atoms with Gasteiger partial charge in [-0.3, -0.25) is 9.59 Å². The Balaban J connectivity index is 3.31. The van der Waals surface area contributed by atoms with Gasteiger partial charge in [-0.1, -0.05) is 334 Å². The van der Waals surface area contributed by atoms with E-state index in [9.17, 15) is 19.8 Å². The molecule has 0 aliphatic heterocycles. The molecule has 0 fully saturated rings. The summed E-state index contributed by atoms with van der Waals surface area (Å²) < 4.78 is 5.47. The maximum atomic E-state index is 12.4. The summed E-state index contributed by atoms with van der Waals surface area (Å²) in [5, 5.41) is 23.0. The molecular formula is C65H127NO5. The van der Waals surface area contributed by atoms with Crippen molar-refractivity contribution in [1.29, 1.82) is 0 Å². The average molecular weight is 1000 g/mol. The van der Waals surface area contributed by atoms with E-state index in [-0.39, 0.29) is 18.5 Å². The molecule has 422 valence electrons. The van der Waals surface area contributed by atoms with Crippen molar-refractivity contribution in [3.8, 4) is 0 Å². The number of nitrogens with one attached hydrogen (secondary N) is 1. The van der Waals surface area contributed by atoms with E-state index in [1.54, 1.807) is 6.08 Å². The first-order chi connectivity index (χ1) is 35.0. The Labute approximate surface area is 444 Å². The Kier molecular flexibility index (Phi) is 59.9. The molecule has 71 heavy (non-hydrogen) atoms. The van der Waals surface area contributed by atoms with Crippen LogP contribution in [-0.2, 0) is 14.3 Å². The van der Waals surface area contributed by atoms with Gasteiger partial charge in [-0.15, -0.1) is 0 Å². The summed E-state index contributed by atoms with van der Waals surface area (Å²) in [5.41, 5.74) is 0. The molecule has 0 saturated carbocycles. The lowest BCUT2D eigenvalue weighted by molar-refractivity contribution is -0.143. The molecule has 3 N–H and O–H groups in total. The Morgan fingerprint density at radius 3 is 0.958 bits per heavy atom. The molecule has 0 aliphatic rings. The van der Waals surface area contributed by atoms with E-state index in [1.807, 2.05) is 6.08 Å². The van der Waals surface area contributed by atoms with E-state index in [0.717, 1.165) is 38.5 Å². The summed E-state index contributed by atoms with van der Waals surface area (Å²) in [5.74, 6) is -0.0420. The first-order valence-corrected chi connectivity index (χ1v) is 32.5. The second-order valence-corrected chi connectivity index (χ2v) is 22.5. The summed E-state index contributed by atoms with van der Waals surface area (Å²) in [6.45, 7) is 4.91. The molecule has 2 atom stereocenters. The quantitative estimate of drug-likeness (QED) is 0.0320. The maximum absolute atomic E-state index is 12.4. The van der Waals surface area contributed by atoms with Crippen LogP contribution >= 0.6 is 0 Å². The third-order valence-electron chi connectivity index (χ3n) is 15.3. The van der Waals surface area contributed by atoms with Gasteiger partial charge < -0.3 is 20.3 Å². The zero-order valence-corrected chi connectivity index (χ0v) is 48.2. The highest BCUT2D eigenvalue weighted by molar-refractivity contribution is 5.76. The number of rotatable bonds is 61. The van der Waals surface area contributed by atoms with Crippen LogP contribution in [0.25, 0.3) is 0 Å². The molecule has 0 aliphatic carbocycles. The van der Waals surface area contributed by atoms with Crippen LogP contribution in [0.4, 0.5) is 0 Å². The Morgan fingerprint density at radius 1 is 0.380 bits per heavy atom. The molecule has 6 nitrogen and oxygen atoms in total. The molecule has 0 rings (SSSR count). The number of allylic oxidation sites excluding steroid dienone is 1. The van der Waals surface area contributed by atoms with Gasteiger partial charge in [0.25, 0.3) is 0 Å². The van der Waals surface area contributed by atoms with Gasteiger partial charge in [0.2, 0.25) is 5.91 Å². The molecule has 0 spiro atoms. The molecule has 0 saturated heterocycles. The normalized spacial score (nSPS) is 12.6. The van der Waals surface area contributed by atoms with Crippen LogP contribution in [0.1, 0.15) is 367 Å². The van der Waals surface area contributed by atoms with Crippen LogP contribution in [0.3, 0.4) is 0 Å². The number of carbonyl (C=O) groups excluding carboxylic acids is 2. The highest BCUT2D eigenvalue weighted by Crippen LogP contribution is 2.19. The van der Waals surface area contributed by atoms with Gasteiger partial charge >= 0.3 is 5.97 Å². The van der Waals surface area contributed by atoms with Crippen molar-refractivity contribution in [2.45, 2.75) is 379 Å². The third kappa shape index (κ3) is 57.7. The van der Waals surface area contributed by atoms with Crippen LogP contribution in [0.5, 0.6) is 0 Å². The highest BCUT2D eigenvalue weighted by Gasteiger charge is 2.18. The van der Waals surface area contributed by atoms with Gasteiger partial charge in [0, 0.05) is 12.8 Å². The number of unbranched alkanes of at least 4 members (excludes halogenated alkanes) is 50. The number of ether oxygens (including phenoxy) is 1. The fourth-order valence-corrected chi connectivity index (χ4v) is 10.3. The zero-order valence-electron chi connectivity index (χ0n) is 48.2. The predicted octanol–water partition coefficient (Wildman–Crippen LogP) is 20.4. The lowest BCUT2D eigenvalue weighted by Gasteiger charge is -2.20. The van der Waals surface area contributed by atoms with Gasteiger partial charge in [0.15, 0.2) is 0 Å². The Hall–Kier alpha value is -1.40. The van der Waals surface area contributed by atoms with Crippen LogP contribution in [-0.4, -0.2) is 47.4 Å². The van der Waals surface area contributed by atoms with Gasteiger partial charge in [-0.25, -0.2) is 0 Å². The summed E-state index contributed by atoms with van der Waals surface area (Å²) >= 11 is 0. The smallest absolute Gasteiger partial charge is 0.305 e. The predicted molar refractivity (Wildman–Crippen MR) is 310 cm³/mol. The monoisotopic (exact) mass is 1000 g/mol. The number of hydrogen-bond acceptors (Lipinski definition) is 5. The zero-order chi connectivity index (χ0) is 51.4. The van der Waals surface area contributed by atoms with Crippen molar-refractivity contribution in [2.75, 3.05) is 13.2 Å². The molecule has 0 aromatic rings. The molecule has 2 unspecified atom stereocenters. The van der Waals surface area contributed by atoms with Crippen molar-refractivity contribution in [1.82, 2.24) is 5.32 Å². The lowest BCUT2D eigenvalue weighted by Crippen LogP contribution is -2.45. The average Bonchev–Trinajstić information content (AvgIpc) is 3.37. The molecular weight excluding hydrogens is 875 g/mol. The first kappa shape index (κ1) is 69.6. The van der Waals surface area contributed by atoms with Gasteiger partial charge in [-0.2, -0.15) is 0 Å². The number of aliphatic hydroxyl groups excluding tert-OH is 2. The fourth-order valence-electron chi connectivity index (χ4n) is 10.3. The number of carbonyl (C=O) groups is 2. The van der Waals surface area contributed by atoms with E-state index in [1.165, 1.54) is 302 Å². The van der Waals surface area contributed by atoms with Gasteiger partial charge in [0.05, 0.1) is 25.4 Å². The largest absolute Gasteiger partial charge is 0.466 e. The van der Waals surface area contributed by atoms with E-state index < -0.39 is 12.1 Å². The molecule has 0 aromatic carbocycles. The summed E-state index contributed by atoms with van der Waals surface area (Å²) in [6, 6.07) is -0.622. The minimum Gasteiger partial charge on any atom is -0.466 e. The molecule has 0 heterocycles. The second-order valence-electron chi connectivity index (χ2n) is 22.5. The number of esters is 1. The number of amides is 1. The van der Waals surface area contributed by atoms with Gasteiger partial charge in [-0.05, 0) is 32.1 Å². The summed E-state index contributed by atoms with van der Waals surface area (Å²) in [4.78, 5) is 24.4. The van der Waals surface area contributed by atoms with Crippen LogP contribution in [0, 0.1) is 0 Å². The van der Waals surface area contributed by atoms with E-state index in [0.29, 0.717) is 19.4 Å². The Bertz CT molecular complexity index is 1060. The third-order valence-corrected chi connectivity index (χ3v) is 15.3. The molecule has 1 amide bonds. The second kappa shape index (κ2) is 61.1. The first-order valence-electron chi connectivity index (χ1n) is 32.5. The van der Waals surface area contributed by atoms with E-state index in [2.05, 4.69) is 19.2 Å². The summed E-state index contributed by atoms with van der Waals surface area (Å²) in [6.07, 6.45) is 74.3. The SMILES string of the molecule is CCCCCCCCCCC/C=C/C(O)C(CO)NC(=O)CCCCCCCCCCCCCCCCCCCCCCCCCCCCCCCCCCOC(=O)CCCCCCCCCCCCC. The maximum Gasteiger partial charge on any atom is 0.305 e. The van der Waals surface area contributed by atoms with Crippen molar-refractivity contribution < 1.29 is 24.5 Å². The van der Waals surface area contributed by atoms with Crippen LogP contribution in [0.15, 0.2) is 12.2 Å². The van der Waals surface area contributed by atoms with E-state index in [4.69, 9.17) is 4.74 Å². The van der Waals surface area contributed by atoms with E-state index >= 15 is 0 Å². The van der Waals surface area contributed by atoms with Crippen LogP contribution in [0.2, 0.25) is 0 Å². The number of aliphatic hydroxyl groups is 2. The molecule has 6 heteroatoms. The number of hydrogen-bond donors (Lipinski definition) is 3. The van der Waals surface area contributed by atoms with Crippen molar-refractivity contribution in [3.63, 3.8) is 0 Å². The lowest BCUT2D eigenvalue weighted by atomic mass is 10.0. The molecule has 0 radical (unpaired) electrons. The van der Waals surface area contributed by atoms with Crippen molar-refractivity contribution in [3.05, 3.63) is 12.2 Å².